The average molecular weight is 519 g/mol. The van der Waals surface area contributed by atoms with Gasteiger partial charge in [0.05, 0.1) is 12.2 Å². The fraction of sp³-hybridized carbons (Fsp3) is 0.214. The van der Waals surface area contributed by atoms with E-state index in [1.807, 2.05) is 25.1 Å². The predicted molar refractivity (Wildman–Crippen MR) is 143 cm³/mol. The molecular formula is C28H30F2N7O+. The van der Waals surface area contributed by atoms with Crippen LogP contribution in [0.15, 0.2) is 60.9 Å². The summed E-state index contributed by atoms with van der Waals surface area (Å²) in [4.78, 5) is 13.4. The van der Waals surface area contributed by atoms with E-state index in [1.165, 1.54) is 12.1 Å². The smallest absolute Gasteiger partial charge is 0.251 e. The van der Waals surface area contributed by atoms with Crippen molar-refractivity contribution in [2.45, 2.75) is 26.8 Å². The Kier molecular flexibility index (Phi) is 8.55. The Morgan fingerprint density at radius 1 is 1.08 bits per heavy atom. The Balaban J connectivity index is 1.60. The number of anilines is 3. The van der Waals surface area contributed by atoms with Crippen LogP contribution in [-0.2, 0) is 13.0 Å². The second-order valence-corrected chi connectivity index (χ2v) is 8.53. The van der Waals surface area contributed by atoms with Crippen molar-refractivity contribution in [2.24, 2.45) is 5.73 Å². The van der Waals surface area contributed by atoms with Crippen molar-refractivity contribution in [3.63, 3.8) is 0 Å². The SMILES string of the molecule is CCOc1cc(F)c(CNc2ccccc2C(=[NH2+])c2ncc(CCN)c(Nc3ccnc(C)c3)n2)c(F)c1. The zero-order chi connectivity index (χ0) is 27.1. The Hall–Kier alpha value is -4.44. The van der Waals surface area contributed by atoms with E-state index < -0.39 is 11.6 Å². The highest BCUT2D eigenvalue weighted by Crippen LogP contribution is 2.25. The molecule has 4 aromatic rings. The monoisotopic (exact) mass is 518 g/mol. The van der Waals surface area contributed by atoms with Crippen LogP contribution in [0, 0.1) is 18.6 Å². The summed E-state index contributed by atoms with van der Waals surface area (Å²) in [6, 6.07) is 13.3. The van der Waals surface area contributed by atoms with Crippen LogP contribution >= 0.6 is 0 Å². The van der Waals surface area contributed by atoms with Crippen molar-refractivity contribution in [1.29, 1.82) is 0 Å². The number of pyridine rings is 1. The van der Waals surface area contributed by atoms with Gasteiger partial charge < -0.3 is 21.1 Å². The third-order valence-corrected chi connectivity index (χ3v) is 5.78. The first-order chi connectivity index (χ1) is 18.4. The van der Waals surface area contributed by atoms with E-state index in [4.69, 9.17) is 15.9 Å². The maximum atomic E-state index is 14.6. The first-order valence-corrected chi connectivity index (χ1v) is 12.2. The molecule has 0 spiro atoms. The summed E-state index contributed by atoms with van der Waals surface area (Å²) >= 11 is 0. The molecule has 6 N–H and O–H groups in total. The van der Waals surface area contributed by atoms with Crippen LogP contribution < -0.4 is 26.5 Å². The van der Waals surface area contributed by atoms with Gasteiger partial charge in [-0.1, -0.05) is 12.1 Å². The van der Waals surface area contributed by atoms with E-state index in [0.29, 0.717) is 48.2 Å². The predicted octanol–water partition coefficient (Wildman–Crippen LogP) is 3.31. The molecule has 0 aliphatic carbocycles. The highest BCUT2D eigenvalue weighted by molar-refractivity contribution is 6.10. The maximum absolute atomic E-state index is 14.6. The van der Waals surface area contributed by atoms with Gasteiger partial charge in [-0.2, -0.15) is 0 Å². The number of hydrogen-bond donors (Lipinski definition) is 4. The summed E-state index contributed by atoms with van der Waals surface area (Å²) in [6.07, 6.45) is 3.98. The standard InChI is InChI=1S/C28H29F2N7O/c1-3-38-20-13-23(29)22(24(30)14-20)16-34-25-7-5-4-6-21(25)26(32)28-35-15-18(8-10-31)27(37-28)36-19-9-11-33-17(2)12-19/h4-7,9,11-15,32,34H,3,8,10,16,31H2,1-2H3,(H,33,35,36,37)/p+1. The van der Waals surface area contributed by atoms with E-state index in [2.05, 4.69) is 25.6 Å². The van der Waals surface area contributed by atoms with E-state index in [1.54, 1.807) is 37.5 Å². The number of ether oxygens (including phenoxy) is 1. The highest BCUT2D eigenvalue weighted by Gasteiger charge is 2.21. The molecule has 10 heteroatoms. The molecule has 0 atom stereocenters. The number of nitrogens with one attached hydrogen (secondary N) is 2. The lowest BCUT2D eigenvalue weighted by atomic mass is 10.1. The molecule has 0 fully saturated rings. The summed E-state index contributed by atoms with van der Waals surface area (Å²) < 4.78 is 34.4. The van der Waals surface area contributed by atoms with Gasteiger partial charge in [0.25, 0.3) is 5.71 Å². The Labute approximate surface area is 219 Å². The molecule has 0 saturated heterocycles. The molecule has 8 nitrogen and oxygen atoms in total. The highest BCUT2D eigenvalue weighted by atomic mass is 19.1. The normalized spacial score (nSPS) is 10.8. The molecule has 2 heterocycles. The van der Waals surface area contributed by atoms with Crippen molar-refractivity contribution in [1.82, 2.24) is 15.0 Å². The fourth-order valence-corrected chi connectivity index (χ4v) is 3.92. The zero-order valence-electron chi connectivity index (χ0n) is 21.3. The summed E-state index contributed by atoms with van der Waals surface area (Å²) in [5.74, 6) is -0.372. The topological polar surface area (TPSA) is 124 Å². The van der Waals surface area contributed by atoms with Gasteiger partial charge in [-0.05, 0) is 51.1 Å². The minimum absolute atomic E-state index is 0.0984. The summed E-state index contributed by atoms with van der Waals surface area (Å²) in [5, 5.41) is 12.9. The largest absolute Gasteiger partial charge is 0.494 e. The Morgan fingerprint density at radius 3 is 2.55 bits per heavy atom. The van der Waals surface area contributed by atoms with Gasteiger partial charge in [0.1, 0.15) is 23.2 Å². The molecule has 2 aromatic heterocycles. The van der Waals surface area contributed by atoms with Gasteiger partial charge in [0, 0.05) is 59.3 Å². The summed E-state index contributed by atoms with van der Waals surface area (Å²) in [6.45, 7) is 4.29. The summed E-state index contributed by atoms with van der Waals surface area (Å²) in [7, 11) is 0. The molecule has 0 unspecified atom stereocenters. The van der Waals surface area contributed by atoms with Crippen LogP contribution in [0.3, 0.4) is 0 Å². The molecule has 0 aliphatic heterocycles. The number of benzene rings is 2. The second kappa shape index (κ2) is 12.2. The van der Waals surface area contributed by atoms with E-state index in [9.17, 15) is 8.78 Å². The van der Waals surface area contributed by atoms with Crippen LogP contribution in [0.4, 0.5) is 26.0 Å². The van der Waals surface area contributed by atoms with Gasteiger partial charge in [-0.15, -0.1) is 0 Å². The van der Waals surface area contributed by atoms with Crippen molar-refractivity contribution in [2.75, 3.05) is 23.8 Å². The minimum Gasteiger partial charge on any atom is -0.494 e. The quantitative estimate of drug-likeness (QED) is 0.225. The molecule has 4 rings (SSSR count). The number of halogens is 2. The Morgan fingerprint density at radius 2 is 1.84 bits per heavy atom. The van der Waals surface area contributed by atoms with Crippen LogP contribution in [-0.4, -0.2) is 33.8 Å². The number of aryl methyl sites for hydroxylation is 1. The number of hydrogen-bond acceptors (Lipinski definition) is 7. The lowest BCUT2D eigenvalue weighted by Crippen LogP contribution is -2.42. The van der Waals surface area contributed by atoms with Crippen LogP contribution in [0.2, 0.25) is 0 Å². The van der Waals surface area contributed by atoms with E-state index >= 15 is 0 Å². The van der Waals surface area contributed by atoms with Crippen molar-refractivity contribution >= 4 is 22.9 Å². The number of nitrogens with zero attached hydrogens (tertiary/aromatic N) is 3. The summed E-state index contributed by atoms with van der Waals surface area (Å²) in [5.41, 5.74) is 9.67. The lowest BCUT2D eigenvalue weighted by molar-refractivity contribution is -0.112. The van der Waals surface area contributed by atoms with Gasteiger partial charge in [-0.3, -0.25) is 10.4 Å². The first kappa shape index (κ1) is 26.6. The van der Waals surface area contributed by atoms with E-state index in [-0.39, 0.29) is 17.9 Å². The molecule has 0 aliphatic rings. The molecule has 2 aromatic carbocycles. The number of para-hydroxylation sites is 1. The molecule has 0 bridgehead atoms. The molecule has 0 saturated carbocycles. The van der Waals surface area contributed by atoms with E-state index in [0.717, 1.165) is 16.9 Å². The number of nitrogens with two attached hydrogens (primary N) is 2. The van der Waals surface area contributed by atoms with Crippen LogP contribution in [0.5, 0.6) is 5.75 Å². The molecular weight excluding hydrogens is 488 g/mol. The second-order valence-electron chi connectivity index (χ2n) is 8.53. The maximum Gasteiger partial charge on any atom is 0.251 e. The first-order valence-electron chi connectivity index (χ1n) is 12.2. The van der Waals surface area contributed by atoms with Crippen molar-refractivity contribution < 1.29 is 18.9 Å². The fourth-order valence-electron chi connectivity index (χ4n) is 3.92. The van der Waals surface area contributed by atoms with Gasteiger partial charge >= 0.3 is 0 Å². The molecule has 38 heavy (non-hydrogen) atoms. The third kappa shape index (κ3) is 6.27. The number of rotatable bonds is 11. The molecule has 0 radical (unpaired) electrons. The number of aromatic nitrogens is 3. The molecule has 196 valence electrons. The van der Waals surface area contributed by atoms with Crippen molar-refractivity contribution in [3.8, 4) is 5.75 Å². The third-order valence-electron chi connectivity index (χ3n) is 5.78. The zero-order valence-corrected chi connectivity index (χ0v) is 21.3. The van der Waals surface area contributed by atoms with Crippen LogP contribution in [0.1, 0.15) is 35.1 Å². The van der Waals surface area contributed by atoms with Gasteiger partial charge in [0.15, 0.2) is 0 Å². The average Bonchev–Trinajstić information content (AvgIpc) is 2.89. The Bertz CT molecular complexity index is 1420. The van der Waals surface area contributed by atoms with Gasteiger partial charge in [0.2, 0.25) is 5.82 Å². The minimum atomic E-state index is -0.698. The van der Waals surface area contributed by atoms with Crippen molar-refractivity contribution in [3.05, 3.63) is 101 Å². The lowest BCUT2D eigenvalue weighted by Gasteiger charge is -2.14. The van der Waals surface area contributed by atoms with Crippen LogP contribution in [0.25, 0.3) is 0 Å². The molecule has 0 amide bonds. The van der Waals surface area contributed by atoms with Gasteiger partial charge in [-0.25, -0.2) is 18.7 Å².